The van der Waals surface area contributed by atoms with E-state index in [4.69, 9.17) is 0 Å². The van der Waals surface area contributed by atoms with Gasteiger partial charge in [-0.1, -0.05) is 6.07 Å². The van der Waals surface area contributed by atoms with E-state index in [9.17, 15) is 0 Å². The van der Waals surface area contributed by atoms with Crippen LogP contribution in [0.25, 0.3) is 0 Å². The summed E-state index contributed by atoms with van der Waals surface area (Å²) in [6.45, 7) is 3.25. The van der Waals surface area contributed by atoms with Crippen molar-refractivity contribution in [2.75, 3.05) is 39.1 Å². The number of likely N-dealkylation sites (tertiary alicyclic amines) is 1. The second-order valence-electron chi connectivity index (χ2n) is 5.47. The molecule has 1 unspecified atom stereocenters. The van der Waals surface area contributed by atoms with Crippen LogP contribution in [0.2, 0.25) is 0 Å². The number of likely N-dealkylation sites (N-methyl/N-ethyl adjacent to an activating group) is 2. The van der Waals surface area contributed by atoms with Gasteiger partial charge in [0.05, 0.1) is 5.69 Å². The first-order valence-electron chi connectivity index (χ1n) is 6.96. The third kappa shape index (κ3) is 3.71. The van der Waals surface area contributed by atoms with Crippen LogP contribution >= 0.6 is 15.9 Å². The molecule has 1 atom stereocenters. The van der Waals surface area contributed by atoms with Gasteiger partial charge >= 0.3 is 0 Å². The van der Waals surface area contributed by atoms with Gasteiger partial charge in [0.2, 0.25) is 0 Å². The predicted molar refractivity (Wildman–Crippen MR) is 85.8 cm³/mol. The molecule has 0 radical (unpaired) electrons. The largest absolute Gasteiger partial charge is 0.372 e. The molecule has 1 aliphatic rings. The molecular weight excluding hydrogens is 302 g/mol. The quantitative estimate of drug-likeness (QED) is 0.898. The van der Waals surface area contributed by atoms with Crippen molar-refractivity contribution >= 4 is 21.6 Å². The van der Waals surface area contributed by atoms with Crippen LogP contribution in [0.3, 0.4) is 0 Å². The van der Waals surface area contributed by atoms with Gasteiger partial charge in [0.1, 0.15) is 0 Å². The molecule has 1 aromatic carbocycles. The summed E-state index contributed by atoms with van der Waals surface area (Å²) in [4.78, 5) is 4.83. The first-order valence-corrected chi connectivity index (χ1v) is 7.75. The Bertz CT molecular complexity index is 422. The summed E-state index contributed by atoms with van der Waals surface area (Å²) in [5.41, 5.74) is 2.59. The smallest absolute Gasteiger partial charge is 0.0508 e. The number of hydrogen-bond acceptors (Lipinski definition) is 3. The van der Waals surface area contributed by atoms with Crippen LogP contribution in [0, 0.1) is 0 Å². The molecule has 4 heteroatoms. The normalized spacial score (nSPS) is 19.9. The molecule has 0 aliphatic carbocycles. The van der Waals surface area contributed by atoms with Gasteiger partial charge < -0.3 is 15.1 Å². The van der Waals surface area contributed by atoms with Gasteiger partial charge in [-0.05, 0) is 67.1 Å². The van der Waals surface area contributed by atoms with Crippen LogP contribution in [-0.4, -0.2) is 45.2 Å². The highest BCUT2D eigenvalue weighted by molar-refractivity contribution is 9.10. The summed E-state index contributed by atoms with van der Waals surface area (Å²) < 4.78 is 1.18. The summed E-state index contributed by atoms with van der Waals surface area (Å²) >= 11 is 3.70. The third-order valence-corrected chi connectivity index (χ3v) is 4.60. The molecule has 0 aromatic heterocycles. The number of rotatable bonds is 5. The SMILES string of the molecule is CNCc1ccc(N(C)CC2CCCN2C)c(Br)c1. The lowest BCUT2D eigenvalue weighted by molar-refractivity contribution is 0.314. The Kier molecular flexibility index (Phi) is 5.25. The Morgan fingerprint density at radius 2 is 2.26 bits per heavy atom. The molecule has 0 spiro atoms. The van der Waals surface area contributed by atoms with Crippen molar-refractivity contribution in [3.63, 3.8) is 0 Å². The molecule has 1 heterocycles. The monoisotopic (exact) mass is 325 g/mol. The molecule has 19 heavy (non-hydrogen) atoms. The number of hydrogen-bond donors (Lipinski definition) is 1. The lowest BCUT2D eigenvalue weighted by Gasteiger charge is -2.28. The van der Waals surface area contributed by atoms with Gasteiger partial charge in [0.25, 0.3) is 0 Å². The number of nitrogens with one attached hydrogen (secondary N) is 1. The van der Waals surface area contributed by atoms with E-state index in [-0.39, 0.29) is 0 Å². The molecule has 1 fully saturated rings. The summed E-state index contributed by atoms with van der Waals surface area (Å²) in [6.07, 6.45) is 2.65. The van der Waals surface area contributed by atoms with E-state index in [1.165, 1.54) is 35.1 Å². The van der Waals surface area contributed by atoms with Crippen LogP contribution in [0.5, 0.6) is 0 Å². The number of benzene rings is 1. The van der Waals surface area contributed by atoms with Crippen LogP contribution in [0.15, 0.2) is 22.7 Å². The van der Waals surface area contributed by atoms with E-state index in [1.54, 1.807) is 0 Å². The fourth-order valence-corrected chi connectivity index (χ4v) is 3.53. The summed E-state index contributed by atoms with van der Waals surface area (Å²) in [5, 5.41) is 3.18. The third-order valence-electron chi connectivity index (χ3n) is 3.96. The average molecular weight is 326 g/mol. The first kappa shape index (κ1) is 14.8. The maximum atomic E-state index is 3.70. The Balaban J connectivity index is 2.04. The van der Waals surface area contributed by atoms with Crippen LogP contribution in [-0.2, 0) is 6.54 Å². The van der Waals surface area contributed by atoms with E-state index >= 15 is 0 Å². The van der Waals surface area contributed by atoms with Crippen molar-refractivity contribution < 1.29 is 0 Å². The zero-order chi connectivity index (χ0) is 13.8. The second kappa shape index (κ2) is 6.73. The zero-order valence-corrected chi connectivity index (χ0v) is 13.7. The minimum Gasteiger partial charge on any atom is -0.372 e. The van der Waals surface area contributed by atoms with Crippen molar-refractivity contribution in [1.29, 1.82) is 0 Å². The fraction of sp³-hybridized carbons (Fsp3) is 0.600. The maximum absolute atomic E-state index is 3.70. The maximum Gasteiger partial charge on any atom is 0.0508 e. The van der Waals surface area contributed by atoms with E-state index in [0.717, 1.165) is 13.1 Å². The molecule has 106 valence electrons. The van der Waals surface area contributed by atoms with Gasteiger partial charge in [0, 0.05) is 30.7 Å². The van der Waals surface area contributed by atoms with Crippen LogP contribution < -0.4 is 10.2 Å². The fourth-order valence-electron chi connectivity index (χ4n) is 2.80. The first-order chi connectivity index (χ1) is 9.11. The molecule has 1 N–H and O–H groups in total. The van der Waals surface area contributed by atoms with Gasteiger partial charge in [0.15, 0.2) is 0 Å². The zero-order valence-electron chi connectivity index (χ0n) is 12.1. The lowest BCUT2D eigenvalue weighted by Crippen LogP contribution is -2.36. The van der Waals surface area contributed by atoms with E-state index < -0.39 is 0 Å². The van der Waals surface area contributed by atoms with Gasteiger partial charge in [-0.3, -0.25) is 0 Å². The van der Waals surface area contributed by atoms with Gasteiger partial charge in [-0.15, -0.1) is 0 Å². The van der Waals surface area contributed by atoms with E-state index in [2.05, 4.69) is 63.3 Å². The predicted octanol–water partition coefficient (Wildman–Crippen LogP) is 2.70. The Labute approximate surface area is 125 Å². The van der Waals surface area contributed by atoms with Crippen molar-refractivity contribution in [3.05, 3.63) is 28.2 Å². The van der Waals surface area contributed by atoms with E-state index in [1.807, 2.05) is 7.05 Å². The minimum atomic E-state index is 0.689. The van der Waals surface area contributed by atoms with Crippen molar-refractivity contribution in [1.82, 2.24) is 10.2 Å². The number of halogens is 1. The summed E-state index contributed by atoms with van der Waals surface area (Å²) in [5.74, 6) is 0. The highest BCUT2D eigenvalue weighted by Gasteiger charge is 2.22. The Morgan fingerprint density at radius 1 is 1.47 bits per heavy atom. The molecule has 0 amide bonds. The van der Waals surface area contributed by atoms with Crippen LogP contribution in [0.4, 0.5) is 5.69 Å². The molecule has 0 saturated carbocycles. The summed E-state index contributed by atoms with van der Waals surface area (Å²) in [7, 11) is 6.39. The Hall–Kier alpha value is -0.580. The summed E-state index contributed by atoms with van der Waals surface area (Å²) in [6, 6.07) is 7.31. The molecule has 3 nitrogen and oxygen atoms in total. The lowest BCUT2D eigenvalue weighted by atomic mass is 10.1. The van der Waals surface area contributed by atoms with Crippen molar-refractivity contribution in [2.24, 2.45) is 0 Å². The molecule has 2 rings (SSSR count). The van der Waals surface area contributed by atoms with Crippen molar-refractivity contribution in [2.45, 2.75) is 25.4 Å². The topological polar surface area (TPSA) is 18.5 Å². The molecular formula is C15H24BrN3. The molecule has 1 saturated heterocycles. The highest BCUT2D eigenvalue weighted by Crippen LogP contribution is 2.28. The van der Waals surface area contributed by atoms with Crippen molar-refractivity contribution in [3.8, 4) is 0 Å². The van der Waals surface area contributed by atoms with Gasteiger partial charge in [-0.2, -0.15) is 0 Å². The highest BCUT2D eigenvalue weighted by atomic mass is 79.9. The second-order valence-corrected chi connectivity index (χ2v) is 6.33. The van der Waals surface area contributed by atoms with Gasteiger partial charge in [-0.25, -0.2) is 0 Å². The minimum absolute atomic E-state index is 0.689. The number of anilines is 1. The standard InChI is InChI=1S/C15H24BrN3/c1-17-10-12-6-7-15(14(16)9-12)19(3)11-13-5-4-8-18(13)2/h6-7,9,13,17H,4-5,8,10-11H2,1-3H3. The molecule has 1 aliphatic heterocycles. The van der Waals surface area contributed by atoms with Crippen LogP contribution in [0.1, 0.15) is 18.4 Å². The number of nitrogens with zero attached hydrogens (tertiary/aromatic N) is 2. The Morgan fingerprint density at radius 3 is 2.84 bits per heavy atom. The van der Waals surface area contributed by atoms with E-state index in [0.29, 0.717) is 6.04 Å². The average Bonchev–Trinajstić information content (AvgIpc) is 2.75. The molecule has 0 bridgehead atoms. The molecule has 1 aromatic rings.